The van der Waals surface area contributed by atoms with E-state index in [1.807, 2.05) is 91.0 Å². The van der Waals surface area contributed by atoms with Crippen LogP contribution in [0.15, 0.2) is 133 Å². The highest BCUT2D eigenvalue weighted by Gasteiger charge is 2.38. The number of allylic oxidation sites excluding steroid dienone is 1. The number of hydrogen-bond acceptors (Lipinski definition) is 5. The zero-order valence-corrected chi connectivity index (χ0v) is 22.0. The molecule has 4 aromatic rings. The minimum atomic E-state index is -3.09. The van der Waals surface area contributed by atoms with E-state index in [0.29, 0.717) is 5.56 Å². The first-order valence-corrected chi connectivity index (χ1v) is 13.7. The maximum Gasteiger partial charge on any atom is 0.339 e. The topological polar surface area (TPSA) is 69.7 Å². The smallest absolute Gasteiger partial charge is 0.339 e. The van der Waals surface area contributed by atoms with E-state index in [1.54, 1.807) is 30.3 Å². The number of carbonyl (C=O) groups excluding carboxylic acids is 3. The Morgan fingerprint density at radius 1 is 0.553 bits per heavy atom. The molecule has 0 aliphatic carbocycles. The van der Waals surface area contributed by atoms with Gasteiger partial charge in [-0.25, -0.2) is 9.59 Å². The fraction of sp³-hybridized carbons (Fsp3) is 0.0625. The van der Waals surface area contributed by atoms with Crippen LogP contribution in [0.25, 0.3) is 0 Å². The number of methoxy groups -OCH3 is 2. The molecule has 0 atom stereocenters. The molecule has 5 nitrogen and oxygen atoms in total. The monoisotopic (exact) mass is 522 g/mol. The molecule has 4 aromatic carbocycles. The van der Waals surface area contributed by atoms with E-state index in [2.05, 4.69) is 0 Å². The molecule has 6 heteroatoms. The number of ketones is 1. The first-order chi connectivity index (χ1) is 18.5. The molecule has 0 saturated carbocycles. The van der Waals surface area contributed by atoms with Gasteiger partial charge in [-0.3, -0.25) is 4.79 Å². The minimum absolute atomic E-state index is 0.0831. The Labute approximate surface area is 222 Å². The molecule has 0 aromatic heterocycles. The van der Waals surface area contributed by atoms with Crippen molar-refractivity contribution in [3.8, 4) is 0 Å². The molecule has 0 radical (unpaired) electrons. The van der Waals surface area contributed by atoms with Crippen molar-refractivity contribution in [1.82, 2.24) is 0 Å². The number of benzene rings is 4. The second kappa shape index (κ2) is 12.2. The number of rotatable bonds is 8. The Balaban J connectivity index is 2.27. The Morgan fingerprint density at radius 2 is 0.921 bits per heavy atom. The molecule has 0 saturated heterocycles. The van der Waals surface area contributed by atoms with Gasteiger partial charge in [0, 0.05) is 11.6 Å². The average Bonchev–Trinajstić information content (AvgIpc) is 3.00. The molecule has 38 heavy (non-hydrogen) atoms. The first-order valence-electron chi connectivity index (χ1n) is 12.0. The third kappa shape index (κ3) is 5.15. The highest BCUT2D eigenvalue weighted by molar-refractivity contribution is 7.96. The Hall–Kier alpha value is -4.47. The van der Waals surface area contributed by atoms with Gasteiger partial charge in [0.2, 0.25) is 0 Å². The number of ether oxygens (including phenoxy) is 2. The Morgan fingerprint density at radius 3 is 1.29 bits per heavy atom. The van der Waals surface area contributed by atoms with Crippen molar-refractivity contribution >= 4 is 45.8 Å². The van der Waals surface area contributed by atoms with E-state index >= 15 is 0 Å². The van der Waals surface area contributed by atoms with Gasteiger partial charge in [0.25, 0.3) is 0 Å². The lowest BCUT2D eigenvalue weighted by atomic mass is 10.1. The SMILES string of the molecule is COC(=O)C(/C(=C\C(=O)c1ccccc1)C(=O)OC)=P(c1ccccc1)(c1ccccc1)c1ccccc1. The van der Waals surface area contributed by atoms with Crippen LogP contribution in [0.1, 0.15) is 10.4 Å². The number of carbonyl (C=O) groups is 3. The van der Waals surface area contributed by atoms with Gasteiger partial charge in [-0.2, -0.15) is 0 Å². The summed E-state index contributed by atoms with van der Waals surface area (Å²) in [7, 11) is 2.50. The van der Waals surface area contributed by atoms with Crippen LogP contribution in [0.2, 0.25) is 0 Å². The van der Waals surface area contributed by atoms with Crippen molar-refractivity contribution in [3.05, 3.63) is 139 Å². The Kier molecular flexibility index (Phi) is 8.52. The fourth-order valence-corrected chi connectivity index (χ4v) is 8.87. The summed E-state index contributed by atoms with van der Waals surface area (Å²) in [6.45, 7) is -3.09. The first kappa shape index (κ1) is 26.6. The summed E-state index contributed by atoms with van der Waals surface area (Å²) in [6.07, 6.45) is 1.19. The Bertz CT molecular complexity index is 1410. The van der Waals surface area contributed by atoms with Crippen LogP contribution < -0.4 is 15.9 Å². The van der Waals surface area contributed by atoms with Crippen molar-refractivity contribution in [1.29, 1.82) is 0 Å². The quantitative estimate of drug-likeness (QED) is 0.149. The molecule has 0 N–H and O–H groups in total. The largest absolute Gasteiger partial charge is 0.465 e. The molecule has 0 fully saturated rings. The minimum Gasteiger partial charge on any atom is -0.465 e. The fourth-order valence-electron chi connectivity index (χ4n) is 4.46. The maximum atomic E-state index is 13.9. The van der Waals surface area contributed by atoms with Crippen LogP contribution in [0.5, 0.6) is 0 Å². The lowest BCUT2D eigenvalue weighted by Crippen LogP contribution is -2.37. The highest BCUT2D eigenvalue weighted by atomic mass is 31.2. The number of hydrogen-bond donors (Lipinski definition) is 0. The summed E-state index contributed by atoms with van der Waals surface area (Å²) >= 11 is 0. The van der Waals surface area contributed by atoms with Crippen LogP contribution in [-0.2, 0) is 19.1 Å². The van der Waals surface area contributed by atoms with Gasteiger partial charge in [-0.1, -0.05) is 121 Å². The van der Waals surface area contributed by atoms with E-state index in [4.69, 9.17) is 9.47 Å². The third-order valence-electron chi connectivity index (χ3n) is 6.14. The lowest BCUT2D eigenvalue weighted by molar-refractivity contribution is -0.137. The standard InChI is InChI=1S/C32H27O5P/c1-36-31(34)28(23-29(33)24-15-7-3-8-16-24)30(32(35)37-2)38(25-17-9-4-10-18-25,26-19-11-5-12-20-26)27-21-13-6-14-22-27/h3-23H,1-2H3/b28-23+. The predicted molar refractivity (Wildman–Crippen MR) is 153 cm³/mol. The number of esters is 2. The predicted octanol–water partition coefficient (Wildman–Crippen LogP) is 4.31. The van der Waals surface area contributed by atoms with Gasteiger partial charge < -0.3 is 9.47 Å². The highest BCUT2D eigenvalue weighted by Crippen LogP contribution is 2.48. The van der Waals surface area contributed by atoms with E-state index in [0.717, 1.165) is 15.9 Å². The summed E-state index contributed by atoms with van der Waals surface area (Å²) in [6, 6.07) is 37.2. The van der Waals surface area contributed by atoms with Crippen molar-refractivity contribution in [2.75, 3.05) is 14.2 Å². The molecule has 4 rings (SSSR count). The van der Waals surface area contributed by atoms with Gasteiger partial charge in [-0.05, 0) is 22.8 Å². The van der Waals surface area contributed by atoms with Crippen LogP contribution >= 0.6 is 6.89 Å². The zero-order valence-electron chi connectivity index (χ0n) is 21.1. The van der Waals surface area contributed by atoms with Gasteiger partial charge in [0.05, 0.1) is 25.1 Å². The van der Waals surface area contributed by atoms with Gasteiger partial charge in [-0.15, -0.1) is 0 Å². The average molecular weight is 523 g/mol. The summed E-state index contributed by atoms with van der Waals surface area (Å²) in [5.74, 6) is -1.95. The van der Waals surface area contributed by atoms with Crippen LogP contribution in [0, 0.1) is 0 Å². The summed E-state index contributed by atoms with van der Waals surface area (Å²) in [5.41, 5.74) is 0.235. The normalized spacial score (nSPS) is 11.4. The maximum absolute atomic E-state index is 13.9. The molecule has 190 valence electrons. The molecule has 0 heterocycles. The van der Waals surface area contributed by atoms with E-state index in [9.17, 15) is 14.4 Å². The van der Waals surface area contributed by atoms with Gasteiger partial charge >= 0.3 is 11.9 Å². The molecule has 0 aliphatic heterocycles. The van der Waals surface area contributed by atoms with Crippen molar-refractivity contribution in [3.63, 3.8) is 0 Å². The molecular formula is C32H27O5P. The van der Waals surface area contributed by atoms with Crippen molar-refractivity contribution in [2.24, 2.45) is 0 Å². The van der Waals surface area contributed by atoms with Gasteiger partial charge in [0.15, 0.2) is 5.78 Å². The molecule has 0 amide bonds. The zero-order chi connectivity index (χ0) is 27.0. The summed E-state index contributed by atoms with van der Waals surface area (Å²) < 4.78 is 10.5. The van der Waals surface area contributed by atoms with Crippen LogP contribution in [0.3, 0.4) is 0 Å². The third-order valence-corrected chi connectivity index (χ3v) is 10.5. The second-order valence-corrected chi connectivity index (χ2v) is 11.6. The second-order valence-electron chi connectivity index (χ2n) is 8.30. The molecule has 0 bridgehead atoms. The van der Waals surface area contributed by atoms with E-state index in [-0.39, 0.29) is 10.9 Å². The molecule has 0 aliphatic rings. The van der Waals surface area contributed by atoms with Crippen LogP contribution in [-0.4, -0.2) is 37.2 Å². The van der Waals surface area contributed by atoms with E-state index < -0.39 is 24.6 Å². The van der Waals surface area contributed by atoms with Gasteiger partial charge in [0.1, 0.15) is 0 Å². The summed E-state index contributed by atoms with van der Waals surface area (Å²) in [5, 5.41) is 2.54. The molecule has 0 spiro atoms. The lowest BCUT2D eigenvalue weighted by Gasteiger charge is -2.32. The molecule has 0 unspecified atom stereocenters. The van der Waals surface area contributed by atoms with Crippen molar-refractivity contribution < 1.29 is 23.9 Å². The summed E-state index contributed by atoms with van der Waals surface area (Å²) in [4.78, 5) is 40.7. The van der Waals surface area contributed by atoms with E-state index in [1.165, 1.54) is 20.3 Å². The van der Waals surface area contributed by atoms with Crippen molar-refractivity contribution in [2.45, 2.75) is 0 Å². The van der Waals surface area contributed by atoms with Crippen LogP contribution in [0.4, 0.5) is 0 Å². The molecular weight excluding hydrogens is 495 g/mol.